The van der Waals surface area contributed by atoms with Gasteiger partial charge in [-0.3, -0.25) is 19.1 Å². The average molecular weight is 463 g/mol. The zero-order valence-corrected chi connectivity index (χ0v) is 20.2. The molecule has 0 bridgehead atoms. The van der Waals surface area contributed by atoms with Crippen LogP contribution in [0.15, 0.2) is 21.7 Å². The van der Waals surface area contributed by atoms with E-state index in [0.717, 1.165) is 6.42 Å². The molecule has 1 aromatic heterocycles. The number of hydrogen-bond donors (Lipinski definition) is 2. The number of H-pyrrole nitrogens is 1. The molecule has 0 saturated carbocycles. The number of unbranched alkanes of at least 4 members (excludes halogenated alkanes) is 1. The molecule has 33 heavy (non-hydrogen) atoms. The molecule has 0 aliphatic carbocycles. The molecule has 182 valence electrons. The molecule has 0 fully saturated rings. The first-order valence-corrected chi connectivity index (χ1v) is 10.9. The number of nitrogen functional groups attached to an aromatic ring is 1. The first-order valence-electron chi connectivity index (χ1n) is 10.9. The Morgan fingerprint density at radius 1 is 1.12 bits per heavy atom. The smallest absolute Gasteiger partial charge is 0.330 e. The minimum absolute atomic E-state index is 0.0400. The first-order chi connectivity index (χ1) is 15.7. The van der Waals surface area contributed by atoms with E-state index in [4.69, 9.17) is 19.9 Å². The number of amides is 1. The molecular weight excluding hydrogens is 428 g/mol. The predicted molar refractivity (Wildman–Crippen MR) is 128 cm³/mol. The van der Waals surface area contributed by atoms with Gasteiger partial charge in [-0.2, -0.15) is 0 Å². The van der Waals surface area contributed by atoms with Crippen molar-refractivity contribution in [2.75, 3.05) is 38.5 Å². The van der Waals surface area contributed by atoms with E-state index in [1.165, 1.54) is 42.9 Å². The lowest BCUT2D eigenvalue weighted by Crippen LogP contribution is -2.42. The number of anilines is 2. The highest BCUT2D eigenvalue weighted by molar-refractivity contribution is 6.08. The van der Waals surface area contributed by atoms with Crippen molar-refractivity contribution in [2.24, 2.45) is 5.92 Å². The number of carbonyl (C=O) groups excluding carboxylic acids is 1. The molecule has 1 aromatic carbocycles. The highest BCUT2D eigenvalue weighted by Gasteiger charge is 2.27. The maximum absolute atomic E-state index is 13.7. The van der Waals surface area contributed by atoms with E-state index in [2.05, 4.69) is 4.98 Å². The largest absolute Gasteiger partial charge is 0.493 e. The minimum atomic E-state index is -0.713. The lowest BCUT2D eigenvalue weighted by molar-refractivity contribution is 0.0984. The molecule has 0 atom stereocenters. The number of ether oxygens (including phenoxy) is 3. The number of methoxy groups -OCH3 is 3. The number of aromatic amines is 1. The van der Waals surface area contributed by atoms with Crippen LogP contribution in [0.25, 0.3) is 0 Å². The summed E-state index contributed by atoms with van der Waals surface area (Å²) in [6.45, 7) is 6.57. The van der Waals surface area contributed by atoms with E-state index < -0.39 is 17.2 Å². The Morgan fingerprint density at radius 2 is 1.73 bits per heavy atom. The molecule has 0 aliphatic heterocycles. The standard InChI is InChI=1S/C23H34N4O6/c1-7-8-10-27-20(24)18(21(28)25-23(27)30)26(11-9-14(2)3)22(29)15-12-16(31-4)19(33-6)17(13-15)32-5/h12-14H,7-11,24H2,1-6H3,(H,25,28,30). The van der Waals surface area contributed by atoms with Gasteiger partial charge < -0.3 is 24.8 Å². The Hall–Kier alpha value is -3.43. The minimum Gasteiger partial charge on any atom is -0.493 e. The molecule has 10 nitrogen and oxygen atoms in total. The Labute approximate surface area is 193 Å². The van der Waals surface area contributed by atoms with Crippen molar-refractivity contribution in [3.8, 4) is 17.2 Å². The van der Waals surface area contributed by atoms with Crippen molar-refractivity contribution in [3.63, 3.8) is 0 Å². The van der Waals surface area contributed by atoms with Crippen LogP contribution >= 0.6 is 0 Å². The number of hydrogen-bond acceptors (Lipinski definition) is 7. The zero-order valence-electron chi connectivity index (χ0n) is 20.2. The van der Waals surface area contributed by atoms with Gasteiger partial charge >= 0.3 is 5.69 Å². The van der Waals surface area contributed by atoms with Crippen LogP contribution in [0, 0.1) is 5.92 Å². The molecule has 0 radical (unpaired) electrons. The van der Waals surface area contributed by atoms with Gasteiger partial charge in [-0.1, -0.05) is 27.2 Å². The Morgan fingerprint density at radius 3 is 2.21 bits per heavy atom. The van der Waals surface area contributed by atoms with E-state index in [1.54, 1.807) is 0 Å². The van der Waals surface area contributed by atoms with Gasteiger partial charge in [-0.25, -0.2) is 4.79 Å². The van der Waals surface area contributed by atoms with Gasteiger partial charge in [-0.15, -0.1) is 0 Å². The van der Waals surface area contributed by atoms with Crippen molar-refractivity contribution in [1.82, 2.24) is 9.55 Å². The molecule has 2 aromatic rings. The van der Waals surface area contributed by atoms with Crippen molar-refractivity contribution >= 4 is 17.4 Å². The number of rotatable bonds is 11. The second-order valence-electron chi connectivity index (χ2n) is 8.05. The SMILES string of the molecule is CCCCn1c(N)c(N(CCC(C)C)C(=O)c2cc(OC)c(OC)c(OC)c2)c(=O)[nH]c1=O. The zero-order chi connectivity index (χ0) is 24.7. The fourth-order valence-corrected chi connectivity index (χ4v) is 3.44. The average Bonchev–Trinajstić information content (AvgIpc) is 2.79. The van der Waals surface area contributed by atoms with Crippen LogP contribution in [0.2, 0.25) is 0 Å². The van der Waals surface area contributed by atoms with E-state index in [1.807, 2.05) is 20.8 Å². The number of nitrogens with two attached hydrogens (primary N) is 1. The molecule has 1 amide bonds. The van der Waals surface area contributed by atoms with E-state index in [0.29, 0.717) is 36.6 Å². The second kappa shape index (κ2) is 11.4. The van der Waals surface area contributed by atoms with Crippen LogP contribution in [0.3, 0.4) is 0 Å². The third-order valence-electron chi connectivity index (χ3n) is 5.31. The number of benzene rings is 1. The van der Waals surface area contributed by atoms with Gasteiger partial charge in [0.05, 0.1) is 21.3 Å². The Bertz CT molecular complexity index is 1060. The summed E-state index contributed by atoms with van der Waals surface area (Å²) >= 11 is 0. The number of carbonyl (C=O) groups is 1. The molecule has 3 N–H and O–H groups in total. The number of aromatic nitrogens is 2. The maximum Gasteiger partial charge on any atom is 0.330 e. The van der Waals surface area contributed by atoms with Crippen molar-refractivity contribution in [3.05, 3.63) is 38.5 Å². The summed E-state index contributed by atoms with van der Waals surface area (Å²) in [5.41, 5.74) is 5.14. The van der Waals surface area contributed by atoms with Gasteiger partial charge in [0.15, 0.2) is 17.2 Å². The van der Waals surface area contributed by atoms with Crippen LogP contribution < -0.4 is 36.1 Å². The van der Waals surface area contributed by atoms with Crippen molar-refractivity contribution in [2.45, 2.75) is 46.6 Å². The predicted octanol–water partition coefficient (Wildman–Crippen LogP) is 2.64. The lowest BCUT2D eigenvalue weighted by Gasteiger charge is -2.26. The summed E-state index contributed by atoms with van der Waals surface area (Å²) in [7, 11) is 4.37. The summed E-state index contributed by atoms with van der Waals surface area (Å²) < 4.78 is 17.4. The van der Waals surface area contributed by atoms with Crippen LogP contribution in [0.4, 0.5) is 11.5 Å². The fourth-order valence-electron chi connectivity index (χ4n) is 3.44. The highest BCUT2D eigenvalue weighted by Crippen LogP contribution is 2.38. The van der Waals surface area contributed by atoms with Crippen molar-refractivity contribution in [1.29, 1.82) is 0 Å². The number of nitrogens with one attached hydrogen (secondary N) is 1. The highest BCUT2D eigenvalue weighted by atomic mass is 16.5. The van der Waals surface area contributed by atoms with Gasteiger partial charge in [0.25, 0.3) is 11.5 Å². The molecule has 2 rings (SSSR count). The van der Waals surface area contributed by atoms with Gasteiger partial charge in [0.1, 0.15) is 5.82 Å². The Kier molecular flexibility index (Phi) is 8.95. The summed E-state index contributed by atoms with van der Waals surface area (Å²) in [6, 6.07) is 3.03. The van der Waals surface area contributed by atoms with Gasteiger partial charge in [0, 0.05) is 18.7 Å². The molecule has 0 spiro atoms. The first kappa shape index (κ1) is 25.8. The van der Waals surface area contributed by atoms with E-state index in [9.17, 15) is 14.4 Å². The monoisotopic (exact) mass is 462 g/mol. The van der Waals surface area contributed by atoms with Gasteiger partial charge in [-0.05, 0) is 30.9 Å². The van der Waals surface area contributed by atoms with Gasteiger partial charge in [0.2, 0.25) is 5.75 Å². The summed E-state index contributed by atoms with van der Waals surface area (Å²) in [5, 5.41) is 0. The third-order valence-corrected chi connectivity index (χ3v) is 5.31. The molecule has 0 saturated heterocycles. The van der Waals surface area contributed by atoms with Crippen molar-refractivity contribution < 1.29 is 19.0 Å². The third kappa shape index (κ3) is 5.68. The maximum atomic E-state index is 13.7. The summed E-state index contributed by atoms with van der Waals surface area (Å²) in [4.78, 5) is 42.5. The molecule has 1 heterocycles. The summed E-state index contributed by atoms with van der Waals surface area (Å²) in [5.74, 6) is 0.689. The second-order valence-corrected chi connectivity index (χ2v) is 8.05. The lowest BCUT2D eigenvalue weighted by atomic mass is 10.1. The van der Waals surface area contributed by atoms with Crippen LogP contribution in [-0.2, 0) is 6.54 Å². The van der Waals surface area contributed by atoms with Crippen LogP contribution in [0.5, 0.6) is 17.2 Å². The van der Waals surface area contributed by atoms with E-state index >= 15 is 0 Å². The normalized spacial score (nSPS) is 10.9. The fraction of sp³-hybridized carbons (Fsp3) is 0.522. The Balaban J connectivity index is 2.69. The molecule has 10 heteroatoms. The molecule has 0 unspecified atom stereocenters. The van der Waals surface area contributed by atoms with Crippen LogP contribution in [0.1, 0.15) is 50.4 Å². The molecular formula is C23H34N4O6. The quantitative estimate of drug-likeness (QED) is 0.525. The molecule has 0 aliphatic rings. The number of nitrogens with zero attached hydrogens (tertiary/aromatic N) is 2. The van der Waals surface area contributed by atoms with Crippen LogP contribution in [-0.4, -0.2) is 43.3 Å². The topological polar surface area (TPSA) is 129 Å². The summed E-state index contributed by atoms with van der Waals surface area (Å²) in [6.07, 6.45) is 2.15. The van der Waals surface area contributed by atoms with E-state index in [-0.39, 0.29) is 29.5 Å².